The van der Waals surface area contributed by atoms with Crippen LogP contribution in [0.25, 0.3) is 0 Å². The Kier molecular flexibility index (Phi) is 4.61. The summed E-state index contributed by atoms with van der Waals surface area (Å²) in [5, 5.41) is 14.5. The molecule has 2 rings (SSSR count). The third-order valence-corrected chi connectivity index (χ3v) is 3.61. The molecule has 108 valence electrons. The highest BCUT2D eigenvalue weighted by molar-refractivity contribution is 5.87. The van der Waals surface area contributed by atoms with Crippen molar-refractivity contribution in [3.8, 4) is 0 Å². The van der Waals surface area contributed by atoms with Crippen LogP contribution in [0.15, 0.2) is 24.3 Å². The van der Waals surface area contributed by atoms with Crippen LogP contribution in [-0.4, -0.2) is 29.7 Å². The zero-order valence-corrected chi connectivity index (χ0v) is 11.6. The van der Waals surface area contributed by atoms with Crippen LogP contribution < -0.4 is 10.6 Å². The summed E-state index contributed by atoms with van der Waals surface area (Å²) >= 11 is 0. The minimum Gasteiger partial charge on any atom is -0.478 e. The van der Waals surface area contributed by atoms with Crippen molar-refractivity contribution in [2.45, 2.75) is 32.2 Å². The molecule has 1 fully saturated rings. The van der Waals surface area contributed by atoms with E-state index >= 15 is 0 Å². The van der Waals surface area contributed by atoms with E-state index < -0.39 is 5.97 Å². The fourth-order valence-corrected chi connectivity index (χ4v) is 2.39. The van der Waals surface area contributed by atoms with Gasteiger partial charge >= 0.3 is 12.0 Å². The Bertz CT molecular complexity index is 478. The number of aromatic carboxylic acids is 1. The fraction of sp³-hybridized carbons (Fsp3) is 0.467. The van der Waals surface area contributed by atoms with E-state index in [1.807, 2.05) is 0 Å². The lowest BCUT2D eigenvalue weighted by Crippen LogP contribution is -2.48. The first-order valence-corrected chi connectivity index (χ1v) is 6.91. The molecule has 0 saturated heterocycles. The van der Waals surface area contributed by atoms with Gasteiger partial charge in [-0.1, -0.05) is 19.1 Å². The van der Waals surface area contributed by atoms with Crippen molar-refractivity contribution in [2.24, 2.45) is 5.92 Å². The van der Waals surface area contributed by atoms with Gasteiger partial charge in [-0.25, -0.2) is 9.59 Å². The molecule has 1 aromatic carbocycles. The smallest absolute Gasteiger partial charge is 0.335 e. The van der Waals surface area contributed by atoms with Crippen LogP contribution in [-0.2, 0) is 6.42 Å². The van der Waals surface area contributed by atoms with Crippen LogP contribution in [0.5, 0.6) is 0 Å². The van der Waals surface area contributed by atoms with Crippen LogP contribution in [0.1, 0.15) is 35.7 Å². The van der Waals surface area contributed by atoms with Crippen LogP contribution in [0.2, 0.25) is 0 Å². The van der Waals surface area contributed by atoms with E-state index in [0.29, 0.717) is 24.9 Å². The van der Waals surface area contributed by atoms with E-state index in [9.17, 15) is 9.59 Å². The molecule has 0 atom stereocenters. The number of urea groups is 1. The zero-order valence-electron chi connectivity index (χ0n) is 11.6. The van der Waals surface area contributed by atoms with E-state index in [4.69, 9.17) is 5.11 Å². The third-order valence-electron chi connectivity index (χ3n) is 3.61. The van der Waals surface area contributed by atoms with Gasteiger partial charge in [-0.2, -0.15) is 0 Å². The summed E-state index contributed by atoms with van der Waals surface area (Å²) in [6, 6.07) is 6.90. The number of carboxylic acid groups (broad SMARTS) is 1. The van der Waals surface area contributed by atoms with Crippen molar-refractivity contribution >= 4 is 12.0 Å². The molecule has 2 amide bonds. The SMILES string of the molecule is CC1CC(NC(=O)NCCc2ccc(C(=O)O)cc2)C1. The molecule has 3 N–H and O–H groups in total. The molecule has 1 aliphatic carbocycles. The van der Waals surface area contributed by atoms with Gasteiger partial charge in [0.2, 0.25) is 0 Å². The number of nitrogens with one attached hydrogen (secondary N) is 2. The second-order valence-electron chi connectivity index (χ2n) is 5.43. The molecule has 0 spiro atoms. The first kappa shape index (κ1) is 14.4. The largest absolute Gasteiger partial charge is 0.478 e. The average molecular weight is 276 g/mol. The van der Waals surface area contributed by atoms with Crippen molar-refractivity contribution in [1.29, 1.82) is 0 Å². The molecule has 20 heavy (non-hydrogen) atoms. The van der Waals surface area contributed by atoms with Gasteiger partial charge in [-0.05, 0) is 42.9 Å². The zero-order chi connectivity index (χ0) is 14.5. The predicted molar refractivity (Wildman–Crippen MR) is 75.8 cm³/mol. The minimum atomic E-state index is -0.927. The highest BCUT2D eigenvalue weighted by Crippen LogP contribution is 2.25. The number of carboxylic acids is 1. The molecular weight excluding hydrogens is 256 g/mol. The van der Waals surface area contributed by atoms with Gasteiger partial charge in [-0.3, -0.25) is 0 Å². The molecule has 0 aromatic heterocycles. The second-order valence-corrected chi connectivity index (χ2v) is 5.43. The maximum atomic E-state index is 11.6. The number of amides is 2. The Balaban J connectivity index is 1.67. The van der Waals surface area contributed by atoms with E-state index in [1.165, 1.54) is 0 Å². The van der Waals surface area contributed by atoms with Crippen LogP contribution in [0.4, 0.5) is 4.79 Å². The van der Waals surface area contributed by atoms with E-state index in [0.717, 1.165) is 18.4 Å². The Morgan fingerprint density at radius 3 is 2.45 bits per heavy atom. The lowest BCUT2D eigenvalue weighted by Gasteiger charge is -2.33. The topological polar surface area (TPSA) is 78.4 Å². The second kappa shape index (κ2) is 6.41. The van der Waals surface area contributed by atoms with Crippen LogP contribution >= 0.6 is 0 Å². The first-order valence-electron chi connectivity index (χ1n) is 6.91. The van der Waals surface area contributed by atoms with Gasteiger partial charge in [0.05, 0.1) is 5.56 Å². The van der Waals surface area contributed by atoms with Crippen molar-refractivity contribution < 1.29 is 14.7 Å². The summed E-state index contributed by atoms with van der Waals surface area (Å²) in [5.41, 5.74) is 1.28. The van der Waals surface area contributed by atoms with Crippen molar-refractivity contribution in [2.75, 3.05) is 6.54 Å². The average Bonchev–Trinajstić information content (AvgIpc) is 2.37. The van der Waals surface area contributed by atoms with E-state index in [1.54, 1.807) is 24.3 Å². The number of hydrogen-bond acceptors (Lipinski definition) is 2. The molecule has 0 bridgehead atoms. The molecule has 1 aromatic rings. The highest BCUT2D eigenvalue weighted by Gasteiger charge is 2.26. The molecule has 5 nitrogen and oxygen atoms in total. The molecule has 0 unspecified atom stereocenters. The maximum absolute atomic E-state index is 11.6. The van der Waals surface area contributed by atoms with Crippen molar-refractivity contribution in [3.05, 3.63) is 35.4 Å². The number of carbonyl (C=O) groups excluding carboxylic acids is 1. The fourth-order valence-electron chi connectivity index (χ4n) is 2.39. The van der Waals surface area contributed by atoms with Crippen LogP contribution in [0, 0.1) is 5.92 Å². The summed E-state index contributed by atoms with van der Waals surface area (Å²) < 4.78 is 0. The highest BCUT2D eigenvalue weighted by atomic mass is 16.4. The summed E-state index contributed by atoms with van der Waals surface area (Å²) in [7, 11) is 0. The number of benzene rings is 1. The van der Waals surface area contributed by atoms with Crippen molar-refractivity contribution in [3.63, 3.8) is 0 Å². The lowest BCUT2D eigenvalue weighted by molar-refractivity contribution is 0.0697. The Hall–Kier alpha value is -2.04. The van der Waals surface area contributed by atoms with E-state index in [-0.39, 0.29) is 11.6 Å². The molecule has 5 heteroatoms. The molecular formula is C15H20N2O3. The van der Waals surface area contributed by atoms with Gasteiger partial charge in [0.25, 0.3) is 0 Å². The summed E-state index contributed by atoms with van der Waals surface area (Å²) in [6.45, 7) is 2.72. The number of carbonyl (C=O) groups is 2. The molecule has 1 aliphatic rings. The van der Waals surface area contributed by atoms with Gasteiger partial charge in [-0.15, -0.1) is 0 Å². The Morgan fingerprint density at radius 2 is 1.90 bits per heavy atom. The summed E-state index contributed by atoms with van der Waals surface area (Å²) in [5.74, 6) is -0.211. The van der Waals surface area contributed by atoms with E-state index in [2.05, 4.69) is 17.6 Å². The predicted octanol–water partition coefficient (Wildman–Crippen LogP) is 2.03. The van der Waals surface area contributed by atoms with Gasteiger partial charge in [0.15, 0.2) is 0 Å². The maximum Gasteiger partial charge on any atom is 0.335 e. The van der Waals surface area contributed by atoms with Gasteiger partial charge < -0.3 is 15.7 Å². The monoisotopic (exact) mass is 276 g/mol. The number of rotatable bonds is 5. The van der Waals surface area contributed by atoms with Gasteiger partial charge in [0, 0.05) is 12.6 Å². The molecule has 0 radical (unpaired) electrons. The quantitative estimate of drug-likeness (QED) is 0.770. The standard InChI is InChI=1S/C15H20N2O3/c1-10-8-13(9-10)17-15(20)16-7-6-11-2-4-12(5-3-11)14(18)19/h2-5,10,13H,6-9H2,1H3,(H,18,19)(H2,16,17,20). The Labute approximate surface area is 118 Å². The molecule has 0 heterocycles. The van der Waals surface area contributed by atoms with Gasteiger partial charge in [0.1, 0.15) is 0 Å². The first-order chi connectivity index (χ1) is 9.54. The summed E-state index contributed by atoms with van der Waals surface area (Å²) in [6.07, 6.45) is 2.81. The minimum absolute atomic E-state index is 0.121. The Morgan fingerprint density at radius 1 is 1.25 bits per heavy atom. The third kappa shape index (κ3) is 3.98. The molecule has 1 saturated carbocycles. The lowest BCUT2D eigenvalue weighted by atomic mass is 9.82. The van der Waals surface area contributed by atoms with Crippen LogP contribution in [0.3, 0.4) is 0 Å². The number of hydrogen-bond donors (Lipinski definition) is 3. The molecule has 0 aliphatic heterocycles. The van der Waals surface area contributed by atoms with Crippen molar-refractivity contribution in [1.82, 2.24) is 10.6 Å². The normalized spacial score (nSPS) is 20.9. The summed E-state index contributed by atoms with van der Waals surface area (Å²) in [4.78, 5) is 22.3.